The quantitative estimate of drug-likeness (QED) is 0.130. The third-order valence-electron chi connectivity index (χ3n) is 8.91. The van der Waals surface area contributed by atoms with Gasteiger partial charge in [-0.1, -0.05) is 48.5 Å². The van der Waals surface area contributed by atoms with Crippen LogP contribution in [0.4, 0.5) is 26.8 Å². The first-order valence-electron chi connectivity index (χ1n) is 17.8. The van der Waals surface area contributed by atoms with E-state index in [-0.39, 0.29) is 35.2 Å². The number of nitrogen functional groups attached to an aromatic ring is 1. The standard InChI is InChI=1S/C40H40FN9O5/c1-40(2,3)55-39(53)45-31(17-23-9-6-5-7-10-23)36(52)54-22-29-28(34-46-37(42)48-38(47-34)44-27-20-43-49(4)21-27)11-8-12-32(29)50-16-15-25-18-26(24-13-14-24)19-30(41)33(25)35(50)51/h5-12,15-16,18-21,24,31H,13-14,17,22H2,1-4H3,(H,45,53)(H3,42,44,46,47,48)/t31-/m0/s1. The van der Waals surface area contributed by atoms with E-state index in [1.165, 1.54) is 10.6 Å². The molecule has 1 fully saturated rings. The molecule has 3 aromatic heterocycles. The zero-order valence-electron chi connectivity index (χ0n) is 30.7. The molecule has 7 rings (SSSR count). The van der Waals surface area contributed by atoms with Gasteiger partial charge in [0.2, 0.25) is 11.9 Å². The van der Waals surface area contributed by atoms with Gasteiger partial charge in [-0.15, -0.1) is 0 Å². The number of anilines is 3. The minimum Gasteiger partial charge on any atom is -0.459 e. The first kappa shape index (κ1) is 36.7. The number of esters is 1. The Kier molecular flexibility index (Phi) is 10.0. The molecule has 1 aliphatic carbocycles. The highest BCUT2D eigenvalue weighted by molar-refractivity contribution is 5.84. The number of aryl methyl sites for hydroxylation is 1. The molecule has 282 valence electrons. The van der Waals surface area contributed by atoms with Crippen molar-refractivity contribution < 1.29 is 23.5 Å². The van der Waals surface area contributed by atoms with Gasteiger partial charge in [0.05, 0.1) is 23.0 Å². The van der Waals surface area contributed by atoms with Crippen LogP contribution in [-0.2, 0) is 34.3 Å². The number of nitrogens with two attached hydrogens (primary N) is 1. The van der Waals surface area contributed by atoms with Gasteiger partial charge in [0.1, 0.15) is 24.1 Å². The van der Waals surface area contributed by atoms with Crippen LogP contribution >= 0.6 is 0 Å². The first-order valence-corrected chi connectivity index (χ1v) is 17.8. The summed E-state index contributed by atoms with van der Waals surface area (Å²) in [6, 6.07) is 18.0. The van der Waals surface area contributed by atoms with Gasteiger partial charge < -0.3 is 25.8 Å². The third-order valence-corrected chi connectivity index (χ3v) is 8.91. The summed E-state index contributed by atoms with van der Waals surface area (Å²) in [5.74, 6) is -0.977. The molecule has 1 amide bonds. The van der Waals surface area contributed by atoms with E-state index in [2.05, 4.69) is 30.7 Å². The number of nitrogens with one attached hydrogen (secondary N) is 2. The van der Waals surface area contributed by atoms with E-state index in [1.54, 1.807) is 75.4 Å². The molecular weight excluding hydrogens is 705 g/mol. The molecule has 0 aliphatic heterocycles. The molecule has 55 heavy (non-hydrogen) atoms. The number of nitrogens with zero attached hydrogens (tertiary/aromatic N) is 6. The lowest BCUT2D eigenvalue weighted by molar-refractivity contribution is -0.147. The smallest absolute Gasteiger partial charge is 0.408 e. The maximum absolute atomic E-state index is 15.7. The average Bonchev–Trinajstić information content (AvgIpc) is 3.90. The Morgan fingerprint density at radius 3 is 2.53 bits per heavy atom. The number of halogens is 1. The molecule has 1 aliphatic rings. The van der Waals surface area contributed by atoms with E-state index < -0.39 is 41.7 Å². The van der Waals surface area contributed by atoms with Crippen molar-refractivity contribution in [2.24, 2.45) is 7.05 Å². The summed E-state index contributed by atoms with van der Waals surface area (Å²) in [6.07, 6.45) is 6.14. The molecule has 0 radical (unpaired) electrons. The van der Waals surface area contributed by atoms with Crippen LogP contribution in [0.3, 0.4) is 0 Å². The van der Waals surface area contributed by atoms with Gasteiger partial charge in [-0.2, -0.15) is 20.1 Å². The molecule has 0 saturated heterocycles. The fraction of sp³-hybridized carbons (Fsp3) is 0.275. The maximum atomic E-state index is 15.7. The molecule has 0 bridgehead atoms. The molecule has 4 N–H and O–H groups in total. The second-order valence-corrected chi connectivity index (χ2v) is 14.4. The Morgan fingerprint density at radius 2 is 1.82 bits per heavy atom. The SMILES string of the molecule is Cn1cc(Nc2nc(N)nc(-c3cccc(-n4ccc5cc(C6CC6)cc(F)c5c4=O)c3COC(=O)[C@H](Cc3ccccc3)NC(=O)OC(C)(C)C)n2)cn1. The van der Waals surface area contributed by atoms with Crippen molar-refractivity contribution >= 4 is 40.4 Å². The lowest BCUT2D eigenvalue weighted by atomic mass is 10.0. The van der Waals surface area contributed by atoms with Crippen LogP contribution in [0.25, 0.3) is 27.8 Å². The number of ether oxygens (including phenoxy) is 2. The fourth-order valence-corrected chi connectivity index (χ4v) is 6.27. The predicted molar refractivity (Wildman–Crippen MR) is 204 cm³/mol. The molecule has 1 atom stereocenters. The Hall–Kier alpha value is -6.64. The van der Waals surface area contributed by atoms with Crippen molar-refractivity contribution in [2.45, 2.75) is 64.2 Å². The Labute approximate surface area is 315 Å². The van der Waals surface area contributed by atoms with E-state index >= 15 is 4.39 Å². The van der Waals surface area contributed by atoms with Crippen molar-refractivity contribution in [1.82, 2.24) is 34.6 Å². The second-order valence-electron chi connectivity index (χ2n) is 14.4. The molecular formula is C40H40FN9O5. The monoisotopic (exact) mass is 745 g/mol. The minimum atomic E-state index is -1.14. The summed E-state index contributed by atoms with van der Waals surface area (Å²) in [5.41, 5.74) is 7.91. The first-order chi connectivity index (χ1) is 26.3. The molecule has 3 aromatic carbocycles. The zero-order chi connectivity index (χ0) is 38.9. The summed E-state index contributed by atoms with van der Waals surface area (Å²) in [5, 5.41) is 10.3. The van der Waals surface area contributed by atoms with Crippen LogP contribution < -0.4 is 21.9 Å². The van der Waals surface area contributed by atoms with Crippen LogP contribution in [0.2, 0.25) is 0 Å². The van der Waals surface area contributed by atoms with Gasteiger partial charge in [0.15, 0.2) is 5.82 Å². The number of aromatic nitrogens is 6. The van der Waals surface area contributed by atoms with Gasteiger partial charge in [-0.25, -0.2) is 14.0 Å². The molecule has 14 nitrogen and oxygen atoms in total. The topological polar surface area (TPSA) is 181 Å². The highest BCUT2D eigenvalue weighted by Gasteiger charge is 2.28. The highest BCUT2D eigenvalue weighted by atomic mass is 19.1. The lowest BCUT2D eigenvalue weighted by Gasteiger charge is -2.23. The fourth-order valence-electron chi connectivity index (χ4n) is 6.27. The van der Waals surface area contributed by atoms with E-state index in [0.717, 1.165) is 24.0 Å². The van der Waals surface area contributed by atoms with Crippen molar-refractivity contribution in [3.05, 3.63) is 118 Å². The van der Waals surface area contributed by atoms with E-state index in [9.17, 15) is 14.4 Å². The summed E-state index contributed by atoms with van der Waals surface area (Å²) in [7, 11) is 1.76. The van der Waals surface area contributed by atoms with Crippen LogP contribution in [-0.4, -0.2) is 53.0 Å². The normalized spacial score (nSPS) is 13.3. The summed E-state index contributed by atoms with van der Waals surface area (Å²) >= 11 is 0. The van der Waals surface area contributed by atoms with Crippen molar-refractivity contribution in [2.75, 3.05) is 11.1 Å². The number of fused-ring (bicyclic) bond motifs is 1. The number of alkyl carbamates (subject to hydrolysis) is 1. The second kappa shape index (κ2) is 15.0. The Balaban J connectivity index is 1.29. The van der Waals surface area contributed by atoms with Gasteiger partial charge in [0.25, 0.3) is 5.56 Å². The highest BCUT2D eigenvalue weighted by Crippen LogP contribution is 2.41. The lowest BCUT2D eigenvalue weighted by Crippen LogP contribution is -2.45. The molecule has 0 unspecified atom stereocenters. The Morgan fingerprint density at radius 1 is 1.04 bits per heavy atom. The number of rotatable bonds is 11. The number of benzene rings is 3. The molecule has 15 heteroatoms. The third kappa shape index (κ3) is 8.61. The molecule has 1 saturated carbocycles. The summed E-state index contributed by atoms with van der Waals surface area (Å²) < 4.78 is 30.0. The van der Waals surface area contributed by atoms with Crippen molar-refractivity contribution in [3.63, 3.8) is 0 Å². The summed E-state index contributed by atoms with van der Waals surface area (Å²) in [6.45, 7) is 4.74. The average molecular weight is 746 g/mol. The molecule has 0 spiro atoms. The number of hydrogen-bond acceptors (Lipinski definition) is 11. The molecule has 6 aromatic rings. The number of amides is 1. The van der Waals surface area contributed by atoms with Crippen LogP contribution in [0.5, 0.6) is 0 Å². The minimum absolute atomic E-state index is 0.0721. The van der Waals surface area contributed by atoms with Crippen molar-refractivity contribution in [1.29, 1.82) is 0 Å². The summed E-state index contributed by atoms with van der Waals surface area (Å²) in [4.78, 5) is 54.1. The predicted octanol–water partition coefficient (Wildman–Crippen LogP) is 6.10. The maximum Gasteiger partial charge on any atom is 0.408 e. The van der Waals surface area contributed by atoms with Gasteiger partial charge in [-0.05, 0) is 74.2 Å². The van der Waals surface area contributed by atoms with E-state index in [4.69, 9.17) is 15.2 Å². The van der Waals surface area contributed by atoms with E-state index in [1.807, 2.05) is 36.4 Å². The number of hydrogen-bond donors (Lipinski definition) is 3. The van der Waals surface area contributed by atoms with Gasteiger partial charge in [-0.3, -0.25) is 14.0 Å². The van der Waals surface area contributed by atoms with Crippen LogP contribution in [0.15, 0.2) is 90.1 Å². The Bertz CT molecular complexity index is 2460. The molecule has 3 heterocycles. The van der Waals surface area contributed by atoms with Gasteiger partial charge in [0, 0.05) is 37.0 Å². The van der Waals surface area contributed by atoms with Crippen LogP contribution in [0.1, 0.15) is 56.2 Å². The number of carbonyl (C=O) groups excluding carboxylic acids is 2. The largest absolute Gasteiger partial charge is 0.459 e. The van der Waals surface area contributed by atoms with Crippen LogP contribution in [0, 0.1) is 5.82 Å². The van der Waals surface area contributed by atoms with Gasteiger partial charge >= 0.3 is 12.1 Å². The number of pyridine rings is 1. The zero-order valence-corrected chi connectivity index (χ0v) is 30.7. The van der Waals surface area contributed by atoms with Crippen molar-refractivity contribution in [3.8, 4) is 17.1 Å². The van der Waals surface area contributed by atoms with E-state index in [0.29, 0.717) is 28.1 Å². The number of carbonyl (C=O) groups is 2.